The summed E-state index contributed by atoms with van der Waals surface area (Å²) in [6.07, 6.45) is 3.49. The molecular weight excluding hydrogens is 510 g/mol. The quantitative estimate of drug-likeness (QED) is 0.105. The molecule has 37 heavy (non-hydrogen) atoms. The van der Waals surface area contributed by atoms with Gasteiger partial charge in [-0.15, -0.1) is 11.7 Å². The fourth-order valence-electron chi connectivity index (χ4n) is 3.52. The second kappa shape index (κ2) is 12.2. The second-order valence-electron chi connectivity index (χ2n) is 7.81. The molecule has 0 unspecified atom stereocenters. The maximum atomic E-state index is 12.5. The molecule has 0 saturated carbocycles. The molecule has 0 aliphatic rings. The van der Waals surface area contributed by atoms with E-state index >= 15 is 0 Å². The van der Waals surface area contributed by atoms with Crippen molar-refractivity contribution < 1.29 is 19.2 Å². The molecule has 0 aliphatic carbocycles. The van der Waals surface area contributed by atoms with Crippen molar-refractivity contribution in [1.82, 2.24) is 15.6 Å². The number of hydrazone groups is 1. The van der Waals surface area contributed by atoms with Crippen molar-refractivity contribution in [3.05, 3.63) is 95.5 Å². The lowest BCUT2D eigenvalue weighted by Crippen LogP contribution is -2.34. The van der Waals surface area contributed by atoms with Gasteiger partial charge < -0.3 is 9.84 Å². The molecular formula is C27H24ClN5O3S. The van der Waals surface area contributed by atoms with Crippen molar-refractivity contribution in [2.45, 2.75) is 11.6 Å². The Morgan fingerprint density at radius 1 is 1.22 bits per heavy atom. The molecule has 3 aromatic carbocycles. The monoisotopic (exact) mass is 533 g/mol. The minimum absolute atomic E-state index is 0.0541. The minimum atomic E-state index is -0.340. The Bertz CT molecular complexity index is 1420. The molecule has 0 radical (unpaired) electrons. The van der Waals surface area contributed by atoms with Crippen molar-refractivity contribution in [3.63, 3.8) is 0 Å². The van der Waals surface area contributed by atoms with Crippen LogP contribution >= 0.6 is 23.4 Å². The first-order valence-corrected chi connectivity index (χ1v) is 12.6. The molecule has 4 rings (SSSR count). The number of aromatic amines is 1. The predicted molar refractivity (Wildman–Crippen MR) is 143 cm³/mol. The number of ether oxygens (including phenoxy) is 1. The van der Waals surface area contributed by atoms with Crippen molar-refractivity contribution in [2.24, 2.45) is 5.10 Å². The predicted octanol–water partition coefficient (Wildman–Crippen LogP) is 4.06. The lowest BCUT2D eigenvalue weighted by Gasteiger charge is -2.15. The van der Waals surface area contributed by atoms with Crippen LogP contribution in [0.15, 0.2) is 89.6 Å². The Morgan fingerprint density at radius 3 is 2.68 bits per heavy atom. The first kappa shape index (κ1) is 26.0. The molecule has 0 saturated heterocycles. The van der Waals surface area contributed by atoms with Gasteiger partial charge in [0.05, 0.1) is 29.7 Å². The van der Waals surface area contributed by atoms with E-state index in [1.807, 2.05) is 41.0 Å². The van der Waals surface area contributed by atoms with Crippen LogP contribution in [0.4, 0.5) is 0 Å². The third-order valence-electron chi connectivity index (χ3n) is 5.34. The van der Waals surface area contributed by atoms with Gasteiger partial charge in [0, 0.05) is 5.02 Å². The lowest BCUT2D eigenvalue weighted by molar-refractivity contribution is -0.625. The van der Waals surface area contributed by atoms with Crippen molar-refractivity contribution in [1.29, 1.82) is 0 Å². The molecule has 1 amide bonds. The molecule has 2 N–H and O–H groups in total. The lowest BCUT2D eigenvalue weighted by atomic mass is 10.1. The first-order chi connectivity index (χ1) is 18.0. The number of benzene rings is 3. The molecule has 8 nitrogen and oxygen atoms in total. The molecule has 0 spiro atoms. The van der Waals surface area contributed by atoms with E-state index in [2.05, 4.69) is 27.3 Å². The van der Waals surface area contributed by atoms with Gasteiger partial charge in [0.15, 0.2) is 0 Å². The average molecular weight is 534 g/mol. The number of hydrogen-bond donors (Lipinski definition) is 2. The highest BCUT2D eigenvalue weighted by atomic mass is 35.5. The number of nitrogens with zero attached hydrogens (tertiary/aromatic N) is 3. The third kappa shape index (κ3) is 6.38. The van der Waals surface area contributed by atoms with Gasteiger partial charge in [0.2, 0.25) is 0 Å². The van der Waals surface area contributed by atoms with Gasteiger partial charge in [-0.3, -0.25) is 4.79 Å². The van der Waals surface area contributed by atoms with Gasteiger partial charge in [-0.2, -0.15) is 9.67 Å². The van der Waals surface area contributed by atoms with Gasteiger partial charge >= 0.3 is 5.16 Å². The molecule has 10 heteroatoms. The number of rotatable bonds is 10. The number of allylic oxidation sites excluding steroid dienone is 1. The Hall–Kier alpha value is -4.08. The minimum Gasteiger partial charge on any atom is -0.872 e. The smallest absolute Gasteiger partial charge is 0.342 e. The second-order valence-corrected chi connectivity index (χ2v) is 9.18. The van der Waals surface area contributed by atoms with E-state index in [1.54, 1.807) is 43.5 Å². The zero-order chi connectivity index (χ0) is 26.2. The summed E-state index contributed by atoms with van der Waals surface area (Å²) in [6.45, 7) is 3.66. The van der Waals surface area contributed by atoms with Gasteiger partial charge in [-0.25, -0.2) is 5.43 Å². The van der Waals surface area contributed by atoms with E-state index < -0.39 is 0 Å². The maximum absolute atomic E-state index is 12.5. The summed E-state index contributed by atoms with van der Waals surface area (Å²) in [7, 11) is 1.61. The number of amides is 1. The van der Waals surface area contributed by atoms with Crippen molar-refractivity contribution >= 4 is 35.5 Å². The standard InChI is InChI=1S/C27H24ClN5O3S/c1-3-5-18-6-4-7-20(25(18)35)16-29-30-24(34)17-37-27-32-31-26(19-8-14-23(36-2)15-9-19)33(27)22-12-10-21(28)11-13-22/h3-4,6-16H,1,5,17H2,2H3,(H2,29,30,34,35). The maximum Gasteiger partial charge on any atom is 0.342 e. The van der Waals surface area contributed by atoms with Crippen LogP contribution in [0.2, 0.25) is 5.02 Å². The molecule has 1 heterocycles. The number of carbonyl (C=O) groups excluding carboxylic acids is 1. The van der Waals surface area contributed by atoms with E-state index in [4.69, 9.17) is 16.3 Å². The first-order valence-electron chi connectivity index (χ1n) is 11.3. The Balaban J connectivity index is 1.50. The highest BCUT2D eigenvalue weighted by molar-refractivity contribution is 7.99. The summed E-state index contributed by atoms with van der Waals surface area (Å²) in [5.41, 5.74) is 5.20. The van der Waals surface area contributed by atoms with Crippen LogP contribution in [-0.4, -0.2) is 35.2 Å². The Morgan fingerprint density at radius 2 is 1.97 bits per heavy atom. The van der Waals surface area contributed by atoms with Crippen LogP contribution in [0.1, 0.15) is 11.1 Å². The molecule has 188 valence electrons. The number of aromatic nitrogens is 3. The largest absolute Gasteiger partial charge is 0.872 e. The Labute approximate surface area is 223 Å². The van der Waals surface area contributed by atoms with E-state index in [0.717, 1.165) is 22.8 Å². The number of carbonyl (C=O) groups is 1. The topological polar surface area (TPSA) is 106 Å². The van der Waals surface area contributed by atoms with E-state index in [-0.39, 0.29) is 17.4 Å². The van der Waals surface area contributed by atoms with Crippen molar-refractivity contribution in [3.8, 4) is 28.6 Å². The molecule has 0 atom stereocenters. The normalized spacial score (nSPS) is 11.0. The summed E-state index contributed by atoms with van der Waals surface area (Å²) in [4.78, 5) is 12.5. The van der Waals surface area contributed by atoms with Crippen LogP contribution in [0.5, 0.6) is 11.5 Å². The van der Waals surface area contributed by atoms with E-state index in [9.17, 15) is 9.90 Å². The summed E-state index contributed by atoms with van der Waals surface area (Å²) in [5.74, 6) is 1.05. The number of nitrogens with one attached hydrogen (secondary N) is 2. The molecule has 0 aliphatic heterocycles. The number of methoxy groups -OCH3 is 1. The summed E-state index contributed by atoms with van der Waals surface area (Å²) < 4.78 is 7.17. The average Bonchev–Trinajstić information content (AvgIpc) is 3.34. The third-order valence-corrected chi connectivity index (χ3v) is 6.53. The summed E-state index contributed by atoms with van der Waals surface area (Å²) >= 11 is 7.33. The molecule has 4 aromatic rings. The SMILES string of the molecule is C=CCc1cccc(/C=N/NC(=O)CSc2n[nH]c(-c3ccc(OC)cc3)[n+]2-c2ccc(Cl)cc2)c1[O-]. The van der Waals surface area contributed by atoms with Gasteiger partial charge in [0.1, 0.15) is 11.4 Å². The van der Waals surface area contributed by atoms with Gasteiger partial charge in [-0.1, -0.05) is 47.2 Å². The number of thioether (sulfide) groups is 1. The van der Waals surface area contributed by atoms with Crippen LogP contribution in [0.3, 0.4) is 0 Å². The highest BCUT2D eigenvalue weighted by Gasteiger charge is 2.24. The van der Waals surface area contributed by atoms with Crippen LogP contribution in [0.25, 0.3) is 17.1 Å². The summed E-state index contributed by atoms with van der Waals surface area (Å²) in [6, 6.07) is 20.1. The fraction of sp³-hybridized carbons (Fsp3) is 0.111. The number of H-pyrrole nitrogens is 1. The van der Waals surface area contributed by atoms with E-state index in [0.29, 0.717) is 27.7 Å². The highest BCUT2D eigenvalue weighted by Crippen LogP contribution is 2.23. The number of halogens is 1. The van der Waals surface area contributed by atoms with Gasteiger partial charge in [-0.05, 0) is 72.3 Å². The zero-order valence-electron chi connectivity index (χ0n) is 20.0. The summed E-state index contributed by atoms with van der Waals surface area (Å²) in [5, 5.41) is 25.1. The fourth-order valence-corrected chi connectivity index (χ4v) is 4.41. The number of hydrogen-bond acceptors (Lipinski definition) is 6. The van der Waals surface area contributed by atoms with E-state index in [1.165, 1.54) is 18.0 Å². The zero-order valence-corrected chi connectivity index (χ0v) is 21.6. The van der Waals surface area contributed by atoms with Crippen LogP contribution in [0, 0.1) is 0 Å². The van der Waals surface area contributed by atoms with Crippen molar-refractivity contribution in [2.75, 3.05) is 12.9 Å². The Kier molecular flexibility index (Phi) is 8.60. The van der Waals surface area contributed by atoms with Crippen LogP contribution < -0.4 is 19.8 Å². The van der Waals surface area contributed by atoms with Crippen LogP contribution in [-0.2, 0) is 11.2 Å². The molecule has 0 fully saturated rings. The van der Waals surface area contributed by atoms with Gasteiger partial charge in [0.25, 0.3) is 11.7 Å². The molecule has 1 aromatic heterocycles. The molecule has 0 bridgehead atoms. The number of para-hydroxylation sites is 1.